The summed E-state index contributed by atoms with van der Waals surface area (Å²) < 4.78 is 1.03. The van der Waals surface area contributed by atoms with Gasteiger partial charge in [0.25, 0.3) is 0 Å². The van der Waals surface area contributed by atoms with Crippen molar-refractivity contribution < 1.29 is 4.79 Å². The Morgan fingerprint density at radius 2 is 2.05 bits per heavy atom. The number of likely N-dealkylation sites (N-methyl/N-ethyl adjacent to an activating group) is 2. The molecule has 1 aromatic carbocycles. The SMILES string of the molecule is CCCNCc1ccc(Br)cc1N(CC)CC(=O)NCC. The minimum atomic E-state index is 0.0618. The summed E-state index contributed by atoms with van der Waals surface area (Å²) in [6.45, 7) is 9.84. The maximum absolute atomic E-state index is 11.9. The molecule has 0 aliphatic heterocycles. The molecule has 0 unspecified atom stereocenters. The summed E-state index contributed by atoms with van der Waals surface area (Å²) >= 11 is 3.52. The molecule has 0 aromatic heterocycles. The van der Waals surface area contributed by atoms with E-state index in [0.717, 1.165) is 36.2 Å². The highest BCUT2D eigenvalue weighted by molar-refractivity contribution is 9.10. The first-order valence-corrected chi connectivity index (χ1v) is 8.42. The first kappa shape index (κ1) is 18.0. The average Bonchev–Trinajstić information content (AvgIpc) is 2.47. The smallest absolute Gasteiger partial charge is 0.239 e. The molecule has 21 heavy (non-hydrogen) atoms. The van der Waals surface area contributed by atoms with E-state index >= 15 is 0 Å². The number of carbonyl (C=O) groups is 1. The van der Waals surface area contributed by atoms with Crippen molar-refractivity contribution in [3.05, 3.63) is 28.2 Å². The second kappa shape index (κ2) is 9.79. The number of hydrogen-bond donors (Lipinski definition) is 2. The van der Waals surface area contributed by atoms with Crippen LogP contribution in [0.2, 0.25) is 0 Å². The van der Waals surface area contributed by atoms with E-state index in [1.807, 2.05) is 13.0 Å². The van der Waals surface area contributed by atoms with Gasteiger partial charge in [-0.25, -0.2) is 0 Å². The van der Waals surface area contributed by atoms with E-state index in [9.17, 15) is 4.79 Å². The maximum atomic E-state index is 11.9. The largest absolute Gasteiger partial charge is 0.362 e. The second-order valence-electron chi connectivity index (χ2n) is 4.92. The van der Waals surface area contributed by atoms with Gasteiger partial charge in [0.1, 0.15) is 0 Å². The van der Waals surface area contributed by atoms with Gasteiger partial charge in [-0.05, 0) is 44.5 Å². The van der Waals surface area contributed by atoms with Crippen molar-refractivity contribution in [2.75, 3.05) is 31.1 Å². The Morgan fingerprint density at radius 3 is 2.67 bits per heavy atom. The molecule has 1 aromatic rings. The Labute approximate surface area is 136 Å². The third-order valence-electron chi connectivity index (χ3n) is 3.22. The molecule has 0 aliphatic rings. The first-order valence-electron chi connectivity index (χ1n) is 7.63. The van der Waals surface area contributed by atoms with Crippen LogP contribution in [-0.4, -0.2) is 32.1 Å². The quantitative estimate of drug-likeness (QED) is 0.669. The van der Waals surface area contributed by atoms with Crippen LogP contribution in [0.5, 0.6) is 0 Å². The number of halogens is 1. The van der Waals surface area contributed by atoms with Gasteiger partial charge in [0.05, 0.1) is 6.54 Å². The van der Waals surface area contributed by atoms with Crippen LogP contribution in [-0.2, 0) is 11.3 Å². The van der Waals surface area contributed by atoms with Gasteiger partial charge in [0.2, 0.25) is 5.91 Å². The van der Waals surface area contributed by atoms with E-state index in [4.69, 9.17) is 0 Å². The average molecular weight is 356 g/mol. The molecule has 0 saturated heterocycles. The molecule has 4 nitrogen and oxygen atoms in total. The van der Waals surface area contributed by atoms with Gasteiger partial charge in [-0.2, -0.15) is 0 Å². The summed E-state index contributed by atoms with van der Waals surface area (Å²) in [6, 6.07) is 6.25. The molecule has 0 bridgehead atoms. The monoisotopic (exact) mass is 355 g/mol. The number of amides is 1. The van der Waals surface area contributed by atoms with Crippen LogP contribution in [0.15, 0.2) is 22.7 Å². The molecule has 0 aliphatic carbocycles. The van der Waals surface area contributed by atoms with Crippen molar-refractivity contribution in [1.82, 2.24) is 10.6 Å². The zero-order valence-electron chi connectivity index (χ0n) is 13.2. The number of carbonyl (C=O) groups excluding carboxylic acids is 1. The molecule has 0 saturated carbocycles. The highest BCUT2D eigenvalue weighted by Gasteiger charge is 2.13. The van der Waals surface area contributed by atoms with Gasteiger partial charge in [0.15, 0.2) is 0 Å². The standard InChI is InChI=1S/C16H26BrN3O/c1-4-9-18-11-13-7-8-14(17)10-15(13)20(6-3)12-16(21)19-5-2/h7-8,10,18H,4-6,9,11-12H2,1-3H3,(H,19,21). The number of hydrogen-bond acceptors (Lipinski definition) is 3. The number of nitrogens with zero attached hydrogens (tertiary/aromatic N) is 1. The topological polar surface area (TPSA) is 44.4 Å². The number of nitrogens with one attached hydrogen (secondary N) is 2. The van der Waals surface area contributed by atoms with Crippen molar-refractivity contribution >= 4 is 27.5 Å². The van der Waals surface area contributed by atoms with Crippen LogP contribution in [0.4, 0.5) is 5.69 Å². The molecule has 0 spiro atoms. The van der Waals surface area contributed by atoms with Crippen molar-refractivity contribution in [2.24, 2.45) is 0 Å². The Bertz CT molecular complexity index is 451. The second-order valence-corrected chi connectivity index (χ2v) is 5.83. The fourth-order valence-corrected chi connectivity index (χ4v) is 2.52. The van der Waals surface area contributed by atoms with Gasteiger partial charge < -0.3 is 15.5 Å². The Balaban J connectivity index is 2.89. The van der Waals surface area contributed by atoms with Crippen molar-refractivity contribution in [3.8, 4) is 0 Å². The van der Waals surface area contributed by atoms with Gasteiger partial charge in [-0.15, -0.1) is 0 Å². The molecule has 0 atom stereocenters. The number of rotatable bonds is 9. The molecule has 1 rings (SSSR count). The lowest BCUT2D eigenvalue weighted by Crippen LogP contribution is -2.37. The van der Waals surface area contributed by atoms with Crippen molar-refractivity contribution in [1.29, 1.82) is 0 Å². The Kier molecular flexibility index (Phi) is 8.38. The van der Waals surface area contributed by atoms with Gasteiger partial charge in [-0.3, -0.25) is 4.79 Å². The summed E-state index contributed by atoms with van der Waals surface area (Å²) in [5, 5.41) is 6.28. The van der Waals surface area contributed by atoms with Gasteiger partial charge in [0, 0.05) is 29.8 Å². The zero-order chi connectivity index (χ0) is 15.7. The molecule has 5 heteroatoms. The van der Waals surface area contributed by atoms with Crippen LogP contribution in [0.1, 0.15) is 32.8 Å². The predicted octanol–water partition coefficient (Wildman–Crippen LogP) is 2.91. The molecule has 0 heterocycles. The molecule has 0 radical (unpaired) electrons. The summed E-state index contributed by atoms with van der Waals surface area (Å²) in [4.78, 5) is 14.0. The van der Waals surface area contributed by atoms with E-state index in [-0.39, 0.29) is 5.91 Å². The first-order chi connectivity index (χ1) is 10.1. The van der Waals surface area contributed by atoms with Crippen molar-refractivity contribution in [2.45, 2.75) is 33.7 Å². The zero-order valence-corrected chi connectivity index (χ0v) is 14.8. The predicted molar refractivity (Wildman–Crippen MR) is 92.7 cm³/mol. The van der Waals surface area contributed by atoms with E-state index in [1.54, 1.807) is 0 Å². The van der Waals surface area contributed by atoms with Gasteiger partial charge >= 0.3 is 0 Å². The summed E-state index contributed by atoms with van der Waals surface area (Å²) in [7, 11) is 0. The highest BCUT2D eigenvalue weighted by Crippen LogP contribution is 2.25. The normalized spacial score (nSPS) is 10.5. The number of benzene rings is 1. The molecular formula is C16H26BrN3O. The third-order valence-corrected chi connectivity index (χ3v) is 3.71. The highest BCUT2D eigenvalue weighted by atomic mass is 79.9. The summed E-state index contributed by atoms with van der Waals surface area (Å²) in [6.07, 6.45) is 1.11. The third kappa shape index (κ3) is 6.06. The molecule has 0 fully saturated rings. The van der Waals surface area contributed by atoms with E-state index in [2.05, 4.69) is 57.4 Å². The van der Waals surface area contributed by atoms with Crippen LogP contribution in [0, 0.1) is 0 Å². The number of anilines is 1. The van der Waals surface area contributed by atoms with Crippen LogP contribution in [0.3, 0.4) is 0 Å². The lowest BCUT2D eigenvalue weighted by Gasteiger charge is -2.25. The minimum Gasteiger partial charge on any atom is -0.362 e. The minimum absolute atomic E-state index is 0.0618. The van der Waals surface area contributed by atoms with Crippen LogP contribution < -0.4 is 15.5 Å². The lowest BCUT2D eigenvalue weighted by atomic mass is 10.1. The summed E-state index contributed by atoms with van der Waals surface area (Å²) in [5.41, 5.74) is 2.33. The lowest BCUT2D eigenvalue weighted by molar-refractivity contribution is -0.119. The Hall–Kier alpha value is -1.07. The molecule has 118 valence electrons. The van der Waals surface area contributed by atoms with Crippen LogP contribution >= 0.6 is 15.9 Å². The van der Waals surface area contributed by atoms with E-state index in [1.165, 1.54) is 5.56 Å². The fraction of sp³-hybridized carbons (Fsp3) is 0.562. The van der Waals surface area contributed by atoms with Gasteiger partial charge in [-0.1, -0.05) is 28.9 Å². The summed E-state index contributed by atoms with van der Waals surface area (Å²) in [5.74, 6) is 0.0618. The Morgan fingerprint density at radius 1 is 1.29 bits per heavy atom. The maximum Gasteiger partial charge on any atom is 0.239 e. The van der Waals surface area contributed by atoms with E-state index in [0.29, 0.717) is 13.1 Å². The molecular weight excluding hydrogens is 330 g/mol. The van der Waals surface area contributed by atoms with E-state index < -0.39 is 0 Å². The molecule has 1 amide bonds. The van der Waals surface area contributed by atoms with Crippen LogP contribution in [0.25, 0.3) is 0 Å². The van der Waals surface area contributed by atoms with Crippen molar-refractivity contribution in [3.63, 3.8) is 0 Å². The molecule has 2 N–H and O–H groups in total. The fourth-order valence-electron chi connectivity index (χ4n) is 2.17.